The molecule has 4 heterocycles. The number of halogens is 3. The van der Waals surface area contributed by atoms with Crippen LogP contribution >= 0.6 is 0 Å². The largest absolute Gasteiger partial charge is 0.493 e. The van der Waals surface area contributed by atoms with Crippen molar-refractivity contribution < 1.29 is 59.7 Å². The number of aryl methyl sites for hydroxylation is 1. The highest BCUT2D eigenvalue weighted by Crippen LogP contribution is 2.49. The Labute approximate surface area is 364 Å². The monoisotopic (exact) mass is 903 g/mol. The Bertz CT molecular complexity index is 2310. The molecule has 15 nitrogen and oxygen atoms in total. The van der Waals surface area contributed by atoms with Crippen LogP contribution in [0.25, 0.3) is 10.9 Å². The van der Waals surface area contributed by atoms with E-state index in [1.54, 1.807) is 52.2 Å². The average Bonchev–Trinajstić information content (AvgIpc) is 3.86. The van der Waals surface area contributed by atoms with Crippen LogP contribution in [0.3, 0.4) is 0 Å². The number of ether oxygens (including phenoxy) is 4. The van der Waals surface area contributed by atoms with Crippen LogP contribution in [0, 0.1) is 5.92 Å². The standard InChI is InChI=1S/C44H56F3N5O10S/c1-40(2,3)62-39(56)49-32-13-10-8-6-7-9-12-27-16-19-43(27,38(55)51-63(57,58)41(4)20-21-41)50-36(53)33-25-42(26-52(33)37(32)54)18-17-29-30-24-28(60-23-11-22-59-5)14-15-31(30)48-35(34(29)61-42)44(45,46)47/h9,12,14-16,19,24,27,32-33H,6-8,10-11,13,17-18,20-23,25-26H2,1-5H3,(H,49,56)(H,50,53)(H,51,55). The second-order valence-corrected chi connectivity index (χ2v) is 20.7. The third-order valence-electron chi connectivity index (χ3n) is 12.5. The maximum absolute atomic E-state index is 14.9. The molecule has 5 atom stereocenters. The van der Waals surface area contributed by atoms with E-state index in [-0.39, 0.29) is 43.3 Å². The van der Waals surface area contributed by atoms with Gasteiger partial charge in [0.05, 0.1) is 23.4 Å². The third kappa shape index (κ3) is 9.64. The number of pyridine rings is 1. The van der Waals surface area contributed by atoms with Gasteiger partial charge in [-0.3, -0.25) is 19.1 Å². The summed E-state index contributed by atoms with van der Waals surface area (Å²) < 4.78 is 95.4. The van der Waals surface area contributed by atoms with Crippen molar-refractivity contribution in [1.82, 2.24) is 25.2 Å². The number of methoxy groups -OCH3 is 1. The molecule has 1 saturated heterocycles. The fraction of sp³-hybridized carbons (Fsp3) is 0.614. The fourth-order valence-corrected chi connectivity index (χ4v) is 9.94. The molecule has 7 rings (SSSR count). The van der Waals surface area contributed by atoms with E-state index < -0.39 is 90.9 Å². The van der Waals surface area contributed by atoms with Gasteiger partial charge < -0.3 is 34.5 Å². The number of nitrogens with zero attached hydrogens (tertiary/aromatic N) is 2. The van der Waals surface area contributed by atoms with Gasteiger partial charge in [-0.2, -0.15) is 13.2 Å². The lowest BCUT2D eigenvalue weighted by molar-refractivity contribution is -0.144. The Hall–Kier alpha value is -4.91. The van der Waals surface area contributed by atoms with E-state index in [0.717, 1.165) is 0 Å². The van der Waals surface area contributed by atoms with Crippen molar-refractivity contribution in [2.24, 2.45) is 5.92 Å². The van der Waals surface area contributed by atoms with Crippen molar-refractivity contribution in [1.29, 1.82) is 0 Å². The van der Waals surface area contributed by atoms with Gasteiger partial charge in [-0.25, -0.2) is 18.2 Å². The number of carbonyl (C=O) groups excluding carboxylic acids is 4. The minimum absolute atomic E-state index is 0.0408. The van der Waals surface area contributed by atoms with Gasteiger partial charge in [0.15, 0.2) is 11.4 Å². The first-order valence-electron chi connectivity index (χ1n) is 21.5. The molecular weight excluding hydrogens is 848 g/mol. The van der Waals surface area contributed by atoms with E-state index in [2.05, 4.69) is 20.3 Å². The van der Waals surface area contributed by atoms with E-state index in [0.29, 0.717) is 69.3 Å². The SMILES string of the molecule is COCCCOc1ccc2nc(C(F)(F)F)c3c(c2c1)CCC1(CC2C(=O)NC4(C(=O)NS(=O)(=O)C5(C)CC5)C=CC4C=CCCCCCC(NC(=O)OC(C)(C)C)C(=O)N2C1)O3. The Morgan fingerprint density at radius 3 is 2.49 bits per heavy atom. The lowest BCUT2D eigenvalue weighted by Crippen LogP contribution is -2.67. The molecule has 5 unspecified atom stereocenters. The lowest BCUT2D eigenvalue weighted by Gasteiger charge is -2.42. The normalized spacial score (nSPS) is 27.1. The molecule has 3 N–H and O–H groups in total. The van der Waals surface area contributed by atoms with Gasteiger partial charge in [0, 0.05) is 43.4 Å². The minimum atomic E-state index is -4.96. The maximum atomic E-state index is 14.9. The number of sulfonamides is 1. The zero-order valence-electron chi connectivity index (χ0n) is 36.2. The molecule has 3 aliphatic heterocycles. The lowest BCUT2D eigenvalue weighted by atomic mass is 9.73. The molecule has 2 aromatic rings. The van der Waals surface area contributed by atoms with Crippen molar-refractivity contribution in [3.05, 3.63) is 53.8 Å². The first kappa shape index (κ1) is 46.1. The molecule has 344 valence electrons. The predicted octanol–water partition coefficient (Wildman–Crippen LogP) is 5.79. The summed E-state index contributed by atoms with van der Waals surface area (Å²) in [6.45, 7) is 6.90. The summed E-state index contributed by atoms with van der Waals surface area (Å²) in [5.41, 5.74) is -5.32. The minimum Gasteiger partial charge on any atom is -0.493 e. The molecule has 1 spiro atoms. The van der Waals surface area contributed by atoms with E-state index in [4.69, 9.17) is 18.9 Å². The van der Waals surface area contributed by atoms with Gasteiger partial charge >= 0.3 is 12.3 Å². The molecule has 5 aliphatic rings. The molecule has 1 aromatic carbocycles. The molecule has 1 saturated carbocycles. The Kier molecular flexibility index (Phi) is 12.6. The number of allylic oxidation sites excluding steroid dienone is 1. The number of benzene rings is 1. The summed E-state index contributed by atoms with van der Waals surface area (Å²) in [6, 6.07) is 1.96. The zero-order valence-corrected chi connectivity index (χ0v) is 37.0. The number of carbonyl (C=O) groups is 4. The Morgan fingerprint density at radius 2 is 1.83 bits per heavy atom. The second kappa shape index (κ2) is 17.2. The highest BCUT2D eigenvalue weighted by Gasteiger charge is 2.58. The van der Waals surface area contributed by atoms with Crippen molar-refractivity contribution >= 4 is 44.7 Å². The maximum Gasteiger partial charge on any atom is 0.437 e. The van der Waals surface area contributed by atoms with E-state index in [1.807, 2.05) is 6.08 Å². The average molecular weight is 904 g/mol. The number of alkyl halides is 3. The highest BCUT2D eigenvalue weighted by molar-refractivity contribution is 7.91. The highest BCUT2D eigenvalue weighted by atomic mass is 32.2. The van der Waals surface area contributed by atoms with Gasteiger partial charge in [-0.1, -0.05) is 37.1 Å². The van der Waals surface area contributed by atoms with Crippen LogP contribution in [-0.4, -0.2) is 103 Å². The predicted molar refractivity (Wildman–Crippen MR) is 224 cm³/mol. The van der Waals surface area contributed by atoms with Crippen molar-refractivity contribution in [2.45, 2.75) is 138 Å². The summed E-state index contributed by atoms with van der Waals surface area (Å²) in [7, 11) is -2.59. The Morgan fingerprint density at radius 1 is 1.06 bits per heavy atom. The summed E-state index contributed by atoms with van der Waals surface area (Å²) >= 11 is 0. The van der Waals surface area contributed by atoms with Crippen LogP contribution in [0.1, 0.15) is 103 Å². The number of hydrogen-bond donors (Lipinski definition) is 3. The quantitative estimate of drug-likeness (QED) is 0.204. The van der Waals surface area contributed by atoms with Gasteiger partial charge in [0.2, 0.25) is 21.8 Å². The zero-order chi connectivity index (χ0) is 45.6. The van der Waals surface area contributed by atoms with Crippen LogP contribution in [0.4, 0.5) is 18.0 Å². The third-order valence-corrected chi connectivity index (χ3v) is 14.7. The van der Waals surface area contributed by atoms with Gasteiger partial charge in [-0.15, -0.1) is 0 Å². The molecule has 4 amide bonds. The van der Waals surface area contributed by atoms with E-state index >= 15 is 0 Å². The van der Waals surface area contributed by atoms with Crippen molar-refractivity contribution in [3.63, 3.8) is 0 Å². The van der Waals surface area contributed by atoms with Crippen LogP contribution in [0.5, 0.6) is 11.5 Å². The molecule has 19 heteroatoms. The van der Waals surface area contributed by atoms with E-state index in [1.165, 1.54) is 24.0 Å². The van der Waals surface area contributed by atoms with Gasteiger partial charge in [0.1, 0.15) is 34.6 Å². The summed E-state index contributed by atoms with van der Waals surface area (Å²) in [5.74, 6) is -3.44. The first-order chi connectivity index (χ1) is 29.6. The van der Waals surface area contributed by atoms with E-state index in [9.17, 15) is 40.8 Å². The first-order valence-corrected chi connectivity index (χ1v) is 23.0. The summed E-state index contributed by atoms with van der Waals surface area (Å²) in [4.78, 5) is 62.2. The molecule has 63 heavy (non-hydrogen) atoms. The molecule has 1 aromatic heterocycles. The number of fused-ring (bicyclic) bond motifs is 5. The van der Waals surface area contributed by atoms with Crippen LogP contribution in [-0.2, 0) is 46.5 Å². The van der Waals surface area contributed by atoms with Crippen molar-refractivity contribution in [2.75, 3.05) is 26.9 Å². The number of rotatable bonds is 9. The number of hydrogen-bond acceptors (Lipinski definition) is 11. The van der Waals surface area contributed by atoms with Gasteiger partial charge in [-0.05, 0) is 90.8 Å². The topological polar surface area (TPSA) is 192 Å². The molecule has 2 aliphatic carbocycles. The molecular formula is C44H56F3N5O10S. The van der Waals surface area contributed by atoms with Crippen LogP contribution < -0.4 is 24.8 Å². The summed E-state index contributed by atoms with van der Waals surface area (Å²) in [6.07, 6.45) is 4.41. The number of aromatic nitrogens is 1. The number of alkyl carbamates (subject to hydrolysis) is 1. The molecule has 2 fully saturated rings. The van der Waals surface area contributed by atoms with Crippen LogP contribution in [0.2, 0.25) is 0 Å². The second-order valence-electron chi connectivity index (χ2n) is 18.5. The molecule has 0 bridgehead atoms. The number of amides is 4. The summed E-state index contributed by atoms with van der Waals surface area (Å²) in [5, 5.41) is 5.83. The van der Waals surface area contributed by atoms with Crippen molar-refractivity contribution in [3.8, 4) is 11.5 Å². The fourth-order valence-electron chi connectivity index (χ4n) is 8.64. The smallest absolute Gasteiger partial charge is 0.437 e. The Balaban J connectivity index is 1.27. The van der Waals surface area contributed by atoms with Gasteiger partial charge in [0.25, 0.3) is 5.91 Å². The molecule has 0 radical (unpaired) electrons. The number of nitrogens with one attached hydrogen (secondary N) is 3. The van der Waals surface area contributed by atoms with Crippen LogP contribution in [0.15, 0.2) is 42.5 Å².